The molecule has 1 heterocycles. The first-order valence-electron chi connectivity index (χ1n) is 5.91. The Morgan fingerprint density at radius 1 is 1.47 bits per heavy atom. The van der Waals surface area contributed by atoms with Gasteiger partial charge in [0, 0.05) is 12.6 Å². The van der Waals surface area contributed by atoms with Gasteiger partial charge in [0.1, 0.15) is 0 Å². The van der Waals surface area contributed by atoms with Gasteiger partial charge in [-0.05, 0) is 39.3 Å². The zero-order valence-corrected chi connectivity index (χ0v) is 9.83. The van der Waals surface area contributed by atoms with Gasteiger partial charge in [-0.2, -0.15) is 0 Å². The molecule has 1 fully saturated rings. The van der Waals surface area contributed by atoms with Crippen LogP contribution in [0.25, 0.3) is 0 Å². The van der Waals surface area contributed by atoms with E-state index in [2.05, 4.69) is 10.2 Å². The Kier molecular flexibility index (Phi) is 5.05. The van der Waals surface area contributed by atoms with E-state index in [4.69, 9.17) is 5.73 Å². The predicted molar refractivity (Wildman–Crippen MR) is 61.5 cm³/mol. The molecule has 1 rings (SSSR count). The number of rotatable bonds is 5. The molecule has 4 nitrogen and oxygen atoms in total. The van der Waals surface area contributed by atoms with Gasteiger partial charge >= 0.3 is 0 Å². The first-order chi connectivity index (χ1) is 7.13. The van der Waals surface area contributed by atoms with E-state index in [0.29, 0.717) is 6.42 Å². The van der Waals surface area contributed by atoms with Gasteiger partial charge in [-0.25, -0.2) is 0 Å². The summed E-state index contributed by atoms with van der Waals surface area (Å²) in [7, 11) is 0. The van der Waals surface area contributed by atoms with E-state index >= 15 is 0 Å². The molecule has 1 amide bonds. The Balaban J connectivity index is 2.22. The van der Waals surface area contributed by atoms with Crippen LogP contribution in [0.5, 0.6) is 0 Å². The van der Waals surface area contributed by atoms with Crippen molar-refractivity contribution in [2.45, 2.75) is 45.2 Å². The Bertz CT molecular complexity index is 202. The molecule has 15 heavy (non-hydrogen) atoms. The summed E-state index contributed by atoms with van der Waals surface area (Å²) in [5.41, 5.74) is 5.65. The van der Waals surface area contributed by atoms with Gasteiger partial charge in [-0.15, -0.1) is 0 Å². The summed E-state index contributed by atoms with van der Waals surface area (Å²) < 4.78 is 0. The lowest BCUT2D eigenvalue weighted by atomic mass is 10.2. The van der Waals surface area contributed by atoms with Crippen molar-refractivity contribution < 1.29 is 4.79 Å². The van der Waals surface area contributed by atoms with Crippen molar-refractivity contribution in [3.63, 3.8) is 0 Å². The average Bonchev–Trinajstić information content (AvgIpc) is 2.68. The van der Waals surface area contributed by atoms with Crippen LogP contribution in [-0.4, -0.2) is 42.5 Å². The van der Waals surface area contributed by atoms with Crippen LogP contribution in [0.3, 0.4) is 0 Å². The second kappa shape index (κ2) is 6.08. The van der Waals surface area contributed by atoms with E-state index in [1.54, 1.807) is 0 Å². The summed E-state index contributed by atoms with van der Waals surface area (Å²) >= 11 is 0. The molecule has 0 aromatic heterocycles. The van der Waals surface area contributed by atoms with E-state index in [9.17, 15) is 4.79 Å². The van der Waals surface area contributed by atoms with Crippen molar-refractivity contribution in [1.82, 2.24) is 10.2 Å². The highest BCUT2D eigenvalue weighted by Gasteiger charge is 2.17. The van der Waals surface area contributed by atoms with Gasteiger partial charge in [0.2, 0.25) is 5.91 Å². The Morgan fingerprint density at radius 2 is 2.07 bits per heavy atom. The van der Waals surface area contributed by atoms with Crippen molar-refractivity contribution in [2.75, 3.05) is 19.6 Å². The first kappa shape index (κ1) is 12.5. The Morgan fingerprint density at radius 3 is 2.60 bits per heavy atom. The number of nitrogens with one attached hydrogen (secondary N) is 1. The van der Waals surface area contributed by atoms with E-state index in [0.717, 1.165) is 6.54 Å². The maximum atomic E-state index is 11.5. The number of likely N-dealkylation sites (tertiary alicyclic amines) is 1. The van der Waals surface area contributed by atoms with Gasteiger partial charge in [0.05, 0.1) is 6.04 Å². The molecular formula is C11H23N3O. The SMILES string of the molecule is CC[C@@H](N)C(=O)NC(C)CN1CCCC1. The molecule has 4 heteroatoms. The molecule has 0 aliphatic carbocycles. The molecule has 0 bridgehead atoms. The molecule has 3 N–H and O–H groups in total. The Hall–Kier alpha value is -0.610. The lowest BCUT2D eigenvalue weighted by Crippen LogP contribution is -2.47. The third-order valence-corrected chi connectivity index (χ3v) is 2.90. The molecular weight excluding hydrogens is 190 g/mol. The molecule has 0 aromatic rings. The van der Waals surface area contributed by atoms with E-state index < -0.39 is 0 Å². The summed E-state index contributed by atoms with van der Waals surface area (Å²) in [4.78, 5) is 13.9. The lowest BCUT2D eigenvalue weighted by Gasteiger charge is -2.22. The number of carbonyl (C=O) groups is 1. The maximum Gasteiger partial charge on any atom is 0.237 e. The second-order valence-electron chi connectivity index (χ2n) is 4.43. The van der Waals surface area contributed by atoms with Crippen molar-refractivity contribution >= 4 is 5.91 Å². The topological polar surface area (TPSA) is 58.4 Å². The fourth-order valence-corrected chi connectivity index (χ4v) is 1.93. The van der Waals surface area contributed by atoms with E-state index in [1.165, 1.54) is 25.9 Å². The highest BCUT2D eigenvalue weighted by molar-refractivity contribution is 5.81. The number of nitrogens with two attached hydrogens (primary N) is 1. The number of carbonyl (C=O) groups excluding carboxylic acids is 1. The van der Waals surface area contributed by atoms with Gasteiger partial charge < -0.3 is 16.0 Å². The van der Waals surface area contributed by atoms with Crippen LogP contribution >= 0.6 is 0 Å². The molecule has 88 valence electrons. The summed E-state index contributed by atoms with van der Waals surface area (Å²) in [5, 5.41) is 2.95. The molecule has 1 unspecified atom stereocenters. The van der Waals surface area contributed by atoms with Crippen LogP contribution in [0.1, 0.15) is 33.1 Å². The monoisotopic (exact) mass is 213 g/mol. The normalized spacial score (nSPS) is 21.3. The van der Waals surface area contributed by atoms with Crippen LogP contribution in [0, 0.1) is 0 Å². The van der Waals surface area contributed by atoms with Crippen LogP contribution in [0.15, 0.2) is 0 Å². The largest absolute Gasteiger partial charge is 0.351 e. The van der Waals surface area contributed by atoms with Crippen molar-refractivity contribution in [1.29, 1.82) is 0 Å². The van der Waals surface area contributed by atoms with E-state index in [1.807, 2.05) is 13.8 Å². The highest BCUT2D eigenvalue weighted by Crippen LogP contribution is 2.07. The van der Waals surface area contributed by atoms with Crippen LogP contribution in [-0.2, 0) is 4.79 Å². The van der Waals surface area contributed by atoms with Gasteiger partial charge in [0.15, 0.2) is 0 Å². The fourth-order valence-electron chi connectivity index (χ4n) is 1.93. The number of amides is 1. The van der Waals surface area contributed by atoms with E-state index in [-0.39, 0.29) is 18.0 Å². The smallest absolute Gasteiger partial charge is 0.237 e. The minimum Gasteiger partial charge on any atom is -0.351 e. The Labute approximate surface area is 92.2 Å². The van der Waals surface area contributed by atoms with Crippen molar-refractivity contribution in [3.8, 4) is 0 Å². The lowest BCUT2D eigenvalue weighted by molar-refractivity contribution is -0.123. The first-order valence-corrected chi connectivity index (χ1v) is 5.91. The summed E-state index contributed by atoms with van der Waals surface area (Å²) in [5.74, 6) is -0.0239. The molecule has 2 atom stereocenters. The molecule has 0 spiro atoms. The summed E-state index contributed by atoms with van der Waals surface area (Å²) in [6.45, 7) is 7.25. The molecule has 1 aliphatic heterocycles. The molecule has 1 aliphatic rings. The zero-order valence-electron chi connectivity index (χ0n) is 9.83. The maximum absolute atomic E-state index is 11.5. The molecule has 0 saturated carbocycles. The second-order valence-corrected chi connectivity index (χ2v) is 4.43. The minimum atomic E-state index is -0.356. The standard InChI is InChI=1S/C11H23N3O/c1-3-10(12)11(15)13-9(2)8-14-6-4-5-7-14/h9-10H,3-8,12H2,1-2H3,(H,13,15)/t9?,10-/m1/s1. The van der Waals surface area contributed by atoms with Gasteiger partial charge in [-0.3, -0.25) is 4.79 Å². The highest BCUT2D eigenvalue weighted by atomic mass is 16.2. The third kappa shape index (κ3) is 4.18. The summed E-state index contributed by atoms with van der Waals surface area (Å²) in [6.07, 6.45) is 3.27. The van der Waals surface area contributed by atoms with Gasteiger partial charge in [-0.1, -0.05) is 6.92 Å². The number of nitrogens with zero attached hydrogens (tertiary/aromatic N) is 1. The van der Waals surface area contributed by atoms with Gasteiger partial charge in [0.25, 0.3) is 0 Å². The van der Waals surface area contributed by atoms with Crippen LogP contribution < -0.4 is 11.1 Å². The predicted octanol–water partition coefficient (Wildman–Crippen LogP) is 0.324. The number of hydrogen-bond donors (Lipinski definition) is 2. The molecule has 0 radical (unpaired) electrons. The quantitative estimate of drug-likeness (QED) is 0.691. The molecule has 1 saturated heterocycles. The fraction of sp³-hybridized carbons (Fsp3) is 0.909. The van der Waals surface area contributed by atoms with Crippen molar-refractivity contribution in [3.05, 3.63) is 0 Å². The van der Waals surface area contributed by atoms with Crippen molar-refractivity contribution in [2.24, 2.45) is 5.73 Å². The summed E-state index contributed by atoms with van der Waals surface area (Å²) in [6, 6.07) is -0.153. The third-order valence-electron chi connectivity index (χ3n) is 2.90. The molecule has 0 aromatic carbocycles. The average molecular weight is 213 g/mol. The minimum absolute atomic E-state index is 0.0239. The van der Waals surface area contributed by atoms with Crippen LogP contribution in [0.2, 0.25) is 0 Å². The zero-order chi connectivity index (χ0) is 11.3. The number of hydrogen-bond acceptors (Lipinski definition) is 3. The van der Waals surface area contributed by atoms with Crippen LogP contribution in [0.4, 0.5) is 0 Å².